The minimum absolute atomic E-state index is 0.0810. The highest BCUT2D eigenvalue weighted by atomic mass is 32.2. The summed E-state index contributed by atoms with van der Waals surface area (Å²) in [6, 6.07) is 7.45. The molecule has 1 aliphatic heterocycles. The van der Waals surface area contributed by atoms with Crippen LogP contribution in [0.15, 0.2) is 30.5 Å². The molecule has 23 heavy (non-hydrogen) atoms. The Bertz CT molecular complexity index is 713. The number of fused-ring (bicyclic) bond motifs is 1. The first-order valence-corrected chi connectivity index (χ1v) is 8.57. The molecular formula is C16H20N4O2S. The molecule has 2 heterocycles. The zero-order chi connectivity index (χ0) is 16.1. The summed E-state index contributed by atoms with van der Waals surface area (Å²) < 4.78 is 1.80. The van der Waals surface area contributed by atoms with E-state index in [1.54, 1.807) is 10.0 Å². The number of carbonyl (C=O) groups excluding carboxylic acids is 2. The highest BCUT2D eigenvalue weighted by molar-refractivity contribution is 8.12. The average molecular weight is 332 g/mol. The Morgan fingerprint density at radius 2 is 1.87 bits per heavy atom. The van der Waals surface area contributed by atoms with Gasteiger partial charge in [0, 0.05) is 23.7 Å². The van der Waals surface area contributed by atoms with E-state index in [4.69, 9.17) is 0 Å². The van der Waals surface area contributed by atoms with E-state index < -0.39 is 0 Å². The van der Waals surface area contributed by atoms with Crippen LogP contribution in [0.3, 0.4) is 0 Å². The summed E-state index contributed by atoms with van der Waals surface area (Å²) >= 11 is 1.11. The van der Waals surface area contributed by atoms with E-state index in [1.165, 1.54) is 0 Å². The molecule has 0 fully saturated rings. The van der Waals surface area contributed by atoms with Crippen molar-refractivity contribution >= 4 is 34.0 Å². The van der Waals surface area contributed by atoms with Crippen LogP contribution >= 0.6 is 11.9 Å². The maximum atomic E-state index is 12.2. The summed E-state index contributed by atoms with van der Waals surface area (Å²) in [4.78, 5) is 24.2. The number of hydrogen-bond acceptors (Lipinski definition) is 4. The largest absolute Gasteiger partial charge is 0.346 e. The van der Waals surface area contributed by atoms with Gasteiger partial charge in [0.2, 0.25) is 0 Å². The van der Waals surface area contributed by atoms with E-state index in [-0.39, 0.29) is 11.1 Å². The number of carbonyl (C=O) groups is 2. The topological polar surface area (TPSA) is 75.2 Å². The SMILES string of the molecule is O=C1NCCCCCNCNC(=O)c2ccc3ccn(c3c2)S1. The molecule has 1 aromatic heterocycles. The number of amides is 2. The lowest BCUT2D eigenvalue weighted by Gasteiger charge is -2.10. The minimum Gasteiger partial charge on any atom is -0.346 e. The third-order valence-electron chi connectivity index (χ3n) is 3.77. The van der Waals surface area contributed by atoms with E-state index in [9.17, 15) is 9.59 Å². The number of nitrogens with one attached hydrogen (secondary N) is 3. The Balaban J connectivity index is 1.85. The molecule has 0 spiro atoms. The molecule has 3 N–H and O–H groups in total. The first-order chi connectivity index (χ1) is 11.2. The fourth-order valence-corrected chi connectivity index (χ4v) is 3.25. The van der Waals surface area contributed by atoms with Crippen LogP contribution in [0.1, 0.15) is 29.6 Å². The van der Waals surface area contributed by atoms with Gasteiger partial charge in [0.25, 0.3) is 11.1 Å². The summed E-state index contributed by atoms with van der Waals surface area (Å²) in [5.74, 6) is -0.117. The fraction of sp³-hybridized carbons (Fsp3) is 0.375. The first kappa shape index (κ1) is 15.9. The normalized spacial score (nSPS) is 17.9. The van der Waals surface area contributed by atoms with Crippen molar-refractivity contribution in [3.05, 3.63) is 36.0 Å². The van der Waals surface area contributed by atoms with E-state index >= 15 is 0 Å². The van der Waals surface area contributed by atoms with Crippen molar-refractivity contribution in [1.82, 2.24) is 19.9 Å². The second-order valence-electron chi connectivity index (χ2n) is 5.46. The van der Waals surface area contributed by atoms with Gasteiger partial charge in [-0.05, 0) is 37.6 Å². The lowest BCUT2D eigenvalue weighted by Crippen LogP contribution is -2.34. The molecule has 0 radical (unpaired) electrons. The predicted octanol–water partition coefficient (Wildman–Crippen LogP) is 2.31. The molecule has 1 aromatic carbocycles. The fourth-order valence-electron chi connectivity index (χ4n) is 2.52. The molecule has 0 aliphatic carbocycles. The highest BCUT2D eigenvalue weighted by Crippen LogP contribution is 2.22. The van der Waals surface area contributed by atoms with Crippen LogP contribution in [-0.4, -0.2) is 34.9 Å². The monoisotopic (exact) mass is 332 g/mol. The maximum absolute atomic E-state index is 12.2. The van der Waals surface area contributed by atoms with Crippen molar-refractivity contribution in [3.63, 3.8) is 0 Å². The predicted molar refractivity (Wildman–Crippen MR) is 92.5 cm³/mol. The minimum atomic E-state index is -0.117. The molecule has 2 aromatic rings. The molecule has 0 saturated carbocycles. The van der Waals surface area contributed by atoms with Gasteiger partial charge in [-0.3, -0.25) is 18.9 Å². The van der Waals surface area contributed by atoms with Crippen LogP contribution in [0.2, 0.25) is 0 Å². The second kappa shape index (κ2) is 7.52. The van der Waals surface area contributed by atoms with Crippen LogP contribution in [0.5, 0.6) is 0 Å². The van der Waals surface area contributed by atoms with Crippen LogP contribution < -0.4 is 16.0 Å². The standard InChI is InChI=1S/C16H20N4O2S/c21-15-13-5-4-12-6-9-20(14(12)10-13)23-16(22)18-8-3-1-2-7-17-11-19-15/h4-6,9-10,17H,1-3,7-8,11H2,(H,18,22)(H,19,21). The summed E-state index contributed by atoms with van der Waals surface area (Å²) in [5.41, 5.74) is 1.45. The highest BCUT2D eigenvalue weighted by Gasteiger charge is 2.11. The van der Waals surface area contributed by atoms with Crippen LogP contribution in [0.25, 0.3) is 10.9 Å². The van der Waals surface area contributed by atoms with Crippen LogP contribution in [0.4, 0.5) is 4.79 Å². The average Bonchev–Trinajstić information content (AvgIpc) is 2.94. The van der Waals surface area contributed by atoms with Gasteiger partial charge in [-0.15, -0.1) is 0 Å². The number of rotatable bonds is 0. The van der Waals surface area contributed by atoms with Gasteiger partial charge in [-0.2, -0.15) is 0 Å². The summed E-state index contributed by atoms with van der Waals surface area (Å²) in [6.07, 6.45) is 4.86. The molecule has 0 atom stereocenters. The molecule has 3 rings (SSSR count). The molecule has 0 unspecified atom stereocenters. The second-order valence-corrected chi connectivity index (χ2v) is 6.41. The lowest BCUT2D eigenvalue weighted by molar-refractivity contribution is 0.0950. The van der Waals surface area contributed by atoms with Gasteiger partial charge < -0.3 is 10.6 Å². The van der Waals surface area contributed by atoms with Crippen molar-refractivity contribution in [2.75, 3.05) is 19.8 Å². The Morgan fingerprint density at radius 1 is 1.00 bits per heavy atom. The third-order valence-corrected chi connectivity index (χ3v) is 4.60. The molecule has 0 saturated heterocycles. The van der Waals surface area contributed by atoms with E-state index in [1.807, 2.05) is 24.4 Å². The van der Waals surface area contributed by atoms with Gasteiger partial charge >= 0.3 is 0 Å². The molecule has 122 valence electrons. The first-order valence-electron chi connectivity index (χ1n) is 7.80. The van der Waals surface area contributed by atoms with E-state index in [0.717, 1.165) is 48.7 Å². The number of hydrogen-bond donors (Lipinski definition) is 3. The van der Waals surface area contributed by atoms with Gasteiger partial charge in [0.15, 0.2) is 0 Å². The van der Waals surface area contributed by atoms with Gasteiger partial charge in [-0.25, -0.2) is 0 Å². The summed E-state index contributed by atoms with van der Waals surface area (Å²) in [6.45, 7) is 2.00. The van der Waals surface area contributed by atoms with Crippen LogP contribution in [-0.2, 0) is 0 Å². The van der Waals surface area contributed by atoms with Crippen molar-refractivity contribution in [3.8, 4) is 0 Å². The molecule has 6 nitrogen and oxygen atoms in total. The molecular weight excluding hydrogens is 312 g/mol. The maximum Gasteiger partial charge on any atom is 0.300 e. The molecule has 2 amide bonds. The number of aromatic nitrogens is 1. The molecule has 2 bridgehead atoms. The quantitative estimate of drug-likeness (QED) is 0.692. The van der Waals surface area contributed by atoms with Gasteiger partial charge in [0.1, 0.15) is 0 Å². The molecule has 1 aliphatic rings. The third kappa shape index (κ3) is 4.05. The molecule has 7 heteroatoms. The Morgan fingerprint density at radius 3 is 2.78 bits per heavy atom. The van der Waals surface area contributed by atoms with E-state index in [2.05, 4.69) is 16.0 Å². The lowest BCUT2D eigenvalue weighted by atomic mass is 10.1. The smallest absolute Gasteiger partial charge is 0.300 e. The summed E-state index contributed by atoms with van der Waals surface area (Å²) in [5, 5.41) is 9.90. The summed E-state index contributed by atoms with van der Waals surface area (Å²) in [7, 11) is 0. The Hall–Kier alpha value is -1.99. The zero-order valence-electron chi connectivity index (χ0n) is 12.8. The van der Waals surface area contributed by atoms with Crippen molar-refractivity contribution in [2.24, 2.45) is 0 Å². The number of nitrogens with zero attached hydrogens (tertiary/aromatic N) is 1. The Labute approximate surface area is 139 Å². The van der Waals surface area contributed by atoms with Gasteiger partial charge in [0.05, 0.1) is 24.1 Å². The van der Waals surface area contributed by atoms with Crippen LogP contribution in [0, 0.1) is 0 Å². The van der Waals surface area contributed by atoms with Crippen molar-refractivity contribution in [1.29, 1.82) is 0 Å². The van der Waals surface area contributed by atoms with Crippen molar-refractivity contribution in [2.45, 2.75) is 19.3 Å². The Kier molecular flexibility index (Phi) is 5.19. The zero-order valence-corrected chi connectivity index (χ0v) is 13.6. The number of benzene rings is 1. The van der Waals surface area contributed by atoms with Gasteiger partial charge in [-0.1, -0.05) is 12.5 Å². The van der Waals surface area contributed by atoms with Crippen molar-refractivity contribution < 1.29 is 9.59 Å². The van der Waals surface area contributed by atoms with E-state index in [0.29, 0.717) is 18.8 Å².